The molecule has 0 aliphatic heterocycles. The predicted molar refractivity (Wildman–Crippen MR) is 104 cm³/mol. The molecule has 1 aromatic carbocycles. The number of carbonyl (C=O) groups excluding carboxylic acids is 2. The number of nitrogens with zero attached hydrogens (tertiary/aromatic N) is 2. The molecule has 2 aromatic rings. The van der Waals surface area contributed by atoms with Crippen LogP contribution in [0.2, 0.25) is 0 Å². The van der Waals surface area contributed by atoms with Gasteiger partial charge in [0.2, 0.25) is 5.91 Å². The molecule has 1 heterocycles. The number of carbonyl (C=O) groups is 2. The summed E-state index contributed by atoms with van der Waals surface area (Å²) in [7, 11) is 0. The van der Waals surface area contributed by atoms with Crippen molar-refractivity contribution in [2.75, 3.05) is 5.75 Å². The summed E-state index contributed by atoms with van der Waals surface area (Å²) in [6.07, 6.45) is 0.760. The number of nitrogens with one attached hydrogen (secondary N) is 2. The predicted octanol–water partition coefficient (Wildman–Crippen LogP) is 2.69. The third kappa shape index (κ3) is 4.85. The van der Waals surface area contributed by atoms with Crippen LogP contribution in [0.3, 0.4) is 0 Å². The summed E-state index contributed by atoms with van der Waals surface area (Å²) in [4.78, 5) is 41.0. The highest BCUT2D eigenvalue weighted by atomic mass is 32.2. The number of para-hydroxylation sites is 1. The molecule has 0 aliphatic carbocycles. The molecule has 0 bridgehead atoms. The summed E-state index contributed by atoms with van der Waals surface area (Å²) in [6, 6.07) is 6.51. The van der Waals surface area contributed by atoms with Gasteiger partial charge in [-0.05, 0) is 39.3 Å². The molecule has 2 N–H and O–H groups in total. The molecule has 26 heavy (non-hydrogen) atoms. The summed E-state index contributed by atoms with van der Waals surface area (Å²) in [5.74, 6) is -0.446. The van der Waals surface area contributed by atoms with Crippen LogP contribution >= 0.6 is 11.8 Å². The van der Waals surface area contributed by atoms with Crippen LogP contribution in [-0.4, -0.2) is 33.3 Å². The number of fused-ring (bicyclic) bond motifs is 1. The molecule has 0 saturated carbocycles. The van der Waals surface area contributed by atoms with E-state index in [4.69, 9.17) is 0 Å². The maximum Gasteiger partial charge on any atom is 0.321 e. The summed E-state index contributed by atoms with van der Waals surface area (Å²) < 4.78 is 1.62. The van der Waals surface area contributed by atoms with Crippen molar-refractivity contribution in [3.05, 3.63) is 34.6 Å². The first-order chi connectivity index (χ1) is 12.3. The van der Waals surface area contributed by atoms with E-state index in [1.165, 1.54) is 0 Å². The highest BCUT2D eigenvalue weighted by Crippen LogP contribution is 2.22. The van der Waals surface area contributed by atoms with Gasteiger partial charge in [0, 0.05) is 12.1 Å². The Labute approximate surface area is 156 Å². The Kier molecular flexibility index (Phi) is 6.79. The van der Waals surface area contributed by atoms with Gasteiger partial charge >= 0.3 is 6.03 Å². The van der Waals surface area contributed by atoms with Gasteiger partial charge in [-0.25, -0.2) is 9.78 Å². The fraction of sp³-hybridized carbons (Fsp3) is 0.444. The van der Waals surface area contributed by atoms with E-state index >= 15 is 0 Å². The van der Waals surface area contributed by atoms with Crippen LogP contribution in [0.15, 0.2) is 34.2 Å². The first kappa shape index (κ1) is 20.0. The van der Waals surface area contributed by atoms with Crippen LogP contribution in [0.4, 0.5) is 4.79 Å². The van der Waals surface area contributed by atoms with E-state index in [-0.39, 0.29) is 23.4 Å². The molecule has 0 aliphatic rings. The first-order valence-corrected chi connectivity index (χ1v) is 9.56. The standard InChI is InChI=1S/C18H24N4O3S/c1-5-12(4)22-16(24)13-8-6-7-9-14(13)20-18(22)26-10-15(23)21-17(25)19-11(2)3/h6-9,11-12H,5,10H2,1-4H3,(H2,19,21,23,25)/t12-/m1/s1. The third-order valence-electron chi connectivity index (χ3n) is 3.81. The molecule has 2 rings (SSSR count). The Balaban J connectivity index is 2.24. The van der Waals surface area contributed by atoms with Gasteiger partial charge in [-0.2, -0.15) is 0 Å². The van der Waals surface area contributed by atoms with Crippen LogP contribution in [0.1, 0.15) is 40.2 Å². The SMILES string of the molecule is CC[C@@H](C)n1c(SCC(=O)NC(=O)NC(C)C)nc2ccccc2c1=O. The molecule has 140 valence electrons. The quantitative estimate of drug-likeness (QED) is 0.597. The third-order valence-corrected chi connectivity index (χ3v) is 4.76. The number of aromatic nitrogens is 2. The first-order valence-electron chi connectivity index (χ1n) is 8.57. The highest BCUT2D eigenvalue weighted by molar-refractivity contribution is 7.99. The van der Waals surface area contributed by atoms with Gasteiger partial charge in [0.25, 0.3) is 5.56 Å². The smallest absolute Gasteiger partial charge is 0.321 e. The van der Waals surface area contributed by atoms with E-state index in [2.05, 4.69) is 15.6 Å². The number of thioether (sulfide) groups is 1. The van der Waals surface area contributed by atoms with E-state index in [1.54, 1.807) is 22.8 Å². The topological polar surface area (TPSA) is 93.1 Å². The van der Waals surface area contributed by atoms with Crippen molar-refractivity contribution in [1.29, 1.82) is 0 Å². The lowest BCUT2D eigenvalue weighted by atomic mass is 10.2. The van der Waals surface area contributed by atoms with Crippen molar-refractivity contribution >= 4 is 34.6 Å². The number of hydrogen-bond acceptors (Lipinski definition) is 5. The zero-order valence-corrected chi connectivity index (χ0v) is 16.2. The van der Waals surface area contributed by atoms with Crippen molar-refractivity contribution in [1.82, 2.24) is 20.2 Å². The highest BCUT2D eigenvalue weighted by Gasteiger charge is 2.17. The monoisotopic (exact) mass is 376 g/mol. The van der Waals surface area contributed by atoms with Gasteiger partial charge in [-0.3, -0.25) is 19.5 Å². The molecular formula is C18H24N4O3S. The average Bonchev–Trinajstić information content (AvgIpc) is 2.58. The van der Waals surface area contributed by atoms with Crippen molar-refractivity contribution in [3.63, 3.8) is 0 Å². The number of amides is 3. The second-order valence-corrected chi connectivity index (χ2v) is 7.25. The fourth-order valence-corrected chi connectivity index (χ4v) is 3.29. The lowest BCUT2D eigenvalue weighted by molar-refractivity contribution is -0.117. The number of urea groups is 1. The molecule has 0 spiro atoms. The molecular weight excluding hydrogens is 352 g/mol. The van der Waals surface area contributed by atoms with Crippen LogP contribution < -0.4 is 16.2 Å². The lowest BCUT2D eigenvalue weighted by Gasteiger charge is -2.18. The molecule has 0 radical (unpaired) electrons. The van der Waals surface area contributed by atoms with E-state index in [0.29, 0.717) is 16.1 Å². The van der Waals surface area contributed by atoms with Crippen molar-refractivity contribution in [2.24, 2.45) is 0 Å². The van der Waals surface area contributed by atoms with Gasteiger partial charge in [-0.15, -0.1) is 0 Å². The normalized spacial score (nSPS) is 12.2. The Bertz CT molecular complexity index is 863. The van der Waals surface area contributed by atoms with E-state index in [0.717, 1.165) is 18.2 Å². The van der Waals surface area contributed by atoms with Crippen LogP contribution in [0.5, 0.6) is 0 Å². The summed E-state index contributed by atoms with van der Waals surface area (Å²) in [5.41, 5.74) is 0.475. The summed E-state index contributed by atoms with van der Waals surface area (Å²) in [6.45, 7) is 7.55. The number of benzene rings is 1. The van der Waals surface area contributed by atoms with Gasteiger partial charge in [0.15, 0.2) is 5.16 Å². The van der Waals surface area contributed by atoms with Crippen LogP contribution in [0, 0.1) is 0 Å². The molecule has 1 atom stereocenters. The van der Waals surface area contributed by atoms with E-state index in [1.807, 2.05) is 33.8 Å². The van der Waals surface area contributed by atoms with Crippen molar-refractivity contribution in [3.8, 4) is 0 Å². The molecule has 7 nitrogen and oxygen atoms in total. The van der Waals surface area contributed by atoms with Crippen LogP contribution in [0.25, 0.3) is 10.9 Å². The maximum absolute atomic E-state index is 12.8. The molecule has 3 amide bonds. The van der Waals surface area contributed by atoms with Crippen molar-refractivity contribution < 1.29 is 9.59 Å². The molecule has 0 fully saturated rings. The number of hydrogen-bond donors (Lipinski definition) is 2. The fourth-order valence-electron chi connectivity index (χ4n) is 2.39. The lowest BCUT2D eigenvalue weighted by Crippen LogP contribution is -2.43. The minimum Gasteiger partial charge on any atom is -0.336 e. The Morgan fingerprint density at radius 2 is 1.92 bits per heavy atom. The second-order valence-electron chi connectivity index (χ2n) is 6.31. The van der Waals surface area contributed by atoms with E-state index < -0.39 is 11.9 Å². The Morgan fingerprint density at radius 3 is 2.58 bits per heavy atom. The minimum absolute atomic E-state index is 0.00721. The second kappa shape index (κ2) is 8.84. The molecule has 0 unspecified atom stereocenters. The largest absolute Gasteiger partial charge is 0.336 e. The number of imide groups is 1. The summed E-state index contributed by atoms with van der Waals surface area (Å²) >= 11 is 1.15. The van der Waals surface area contributed by atoms with Crippen LogP contribution in [-0.2, 0) is 4.79 Å². The number of rotatable bonds is 6. The van der Waals surface area contributed by atoms with Gasteiger partial charge in [-0.1, -0.05) is 30.8 Å². The van der Waals surface area contributed by atoms with Gasteiger partial charge in [0.05, 0.1) is 16.7 Å². The van der Waals surface area contributed by atoms with E-state index in [9.17, 15) is 14.4 Å². The molecule has 1 aromatic heterocycles. The zero-order valence-electron chi connectivity index (χ0n) is 15.4. The van der Waals surface area contributed by atoms with Crippen molar-refractivity contribution in [2.45, 2.75) is 51.4 Å². The minimum atomic E-state index is -0.531. The zero-order chi connectivity index (χ0) is 19.3. The average molecular weight is 376 g/mol. The Morgan fingerprint density at radius 1 is 1.23 bits per heavy atom. The van der Waals surface area contributed by atoms with Gasteiger partial charge in [0.1, 0.15) is 0 Å². The van der Waals surface area contributed by atoms with Gasteiger partial charge < -0.3 is 5.32 Å². The molecule has 0 saturated heterocycles. The summed E-state index contributed by atoms with van der Waals surface area (Å²) in [5, 5.41) is 5.89. The Hall–Kier alpha value is -2.35. The molecule has 8 heteroatoms. The maximum atomic E-state index is 12.8.